The highest BCUT2D eigenvalue weighted by atomic mass is 35.5. The monoisotopic (exact) mass is 295 g/mol. The van der Waals surface area contributed by atoms with Gasteiger partial charge in [0.1, 0.15) is 0 Å². The number of rotatable bonds is 5. The molecule has 0 radical (unpaired) electrons. The number of hydrogen-bond acceptors (Lipinski definition) is 3. The van der Waals surface area contributed by atoms with Gasteiger partial charge in [-0.3, -0.25) is 4.79 Å². The third-order valence-corrected chi connectivity index (χ3v) is 3.00. The maximum Gasteiger partial charge on any atom is 0.255 e. The summed E-state index contributed by atoms with van der Waals surface area (Å²) >= 11 is 11.8. The van der Waals surface area contributed by atoms with Crippen LogP contribution < -0.4 is 0 Å². The molecule has 0 bridgehead atoms. The summed E-state index contributed by atoms with van der Waals surface area (Å²) in [4.78, 5) is 13.7. The van der Waals surface area contributed by atoms with Crippen LogP contribution in [0.1, 0.15) is 23.2 Å². The Hall–Kier alpha value is -1.75. The van der Waals surface area contributed by atoms with Gasteiger partial charge in [-0.1, -0.05) is 23.2 Å². The summed E-state index contributed by atoms with van der Waals surface area (Å²) in [6.07, 6.45) is 0.407. The predicted octanol–water partition coefficient (Wildman–Crippen LogP) is 3.26. The van der Waals surface area contributed by atoms with Crippen LogP contribution in [0.15, 0.2) is 18.2 Å². The van der Waals surface area contributed by atoms with E-state index in [1.54, 1.807) is 12.1 Å². The van der Waals surface area contributed by atoms with Crippen molar-refractivity contribution in [3.05, 3.63) is 33.8 Å². The molecule has 98 valence electrons. The Balaban J connectivity index is 2.94. The van der Waals surface area contributed by atoms with Crippen molar-refractivity contribution in [2.24, 2.45) is 0 Å². The maximum absolute atomic E-state index is 12.3. The molecule has 0 aliphatic rings. The van der Waals surface area contributed by atoms with Crippen LogP contribution in [-0.2, 0) is 0 Å². The molecule has 0 aliphatic heterocycles. The van der Waals surface area contributed by atoms with Crippen LogP contribution in [-0.4, -0.2) is 23.9 Å². The number of halogens is 2. The number of nitrogens with zero attached hydrogens (tertiary/aromatic N) is 3. The molecule has 1 amide bonds. The molecule has 4 nitrogen and oxygen atoms in total. The zero-order valence-electron chi connectivity index (χ0n) is 10.1. The van der Waals surface area contributed by atoms with Gasteiger partial charge in [0.05, 0.1) is 35.6 Å². The van der Waals surface area contributed by atoms with Crippen molar-refractivity contribution < 1.29 is 4.79 Å². The van der Waals surface area contributed by atoms with Crippen molar-refractivity contribution in [1.82, 2.24) is 4.90 Å². The highest BCUT2D eigenvalue weighted by Crippen LogP contribution is 2.22. The average Bonchev–Trinajstić information content (AvgIpc) is 2.41. The lowest BCUT2D eigenvalue weighted by Crippen LogP contribution is -2.33. The highest BCUT2D eigenvalue weighted by molar-refractivity contribution is 6.35. The van der Waals surface area contributed by atoms with Crippen LogP contribution in [0.3, 0.4) is 0 Å². The third kappa shape index (κ3) is 4.44. The number of amides is 1. The van der Waals surface area contributed by atoms with Gasteiger partial charge in [-0.15, -0.1) is 0 Å². The number of benzene rings is 1. The van der Waals surface area contributed by atoms with Crippen LogP contribution in [0.5, 0.6) is 0 Å². The lowest BCUT2D eigenvalue weighted by Gasteiger charge is -2.21. The average molecular weight is 296 g/mol. The topological polar surface area (TPSA) is 67.9 Å². The molecule has 1 aromatic rings. The number of hydrogen-bond donors (Lipinski definition) is 0. The molecule has 0 N–H and O–H groups in total. The number of carbonyl (C=O) groups is 1. The van der Waals surface area contributed by atoms with Crippen molar-refractivity contribution in [1.29, 1.82) is 10.5 Å². The summed E-state index contributed by atoms with van der Waals surface area (Å²) in [5.74, 6) is -0.321. The normalized spacial score (nSPS) is 9.47. The SMILES string of the molecule is N#CCCN(CCC#N)C(=O)c1cc(Cl)ccc1Cl. The van der Waals surface area contributed by atoms with E-state index in [1.165, 1.54) is 11.0 Å². The van der Waals surface area contributed by atoms with Gasteiger partial charge >= 0.3 is 0 Å². The Morgan fingerprint density at radius 2 is 1.74 bits per heavy atom. The van der Waals surface area contributed by atoms with E-state index in [-0.39, 0.29) is 37.4 Å². The molecule has 6 heteroatoms. The minimum absolute atomic E-state index is 0.204. The summed E-state index contributed by atoms with van der Waals surface area (Å²) in [7, 11) is 0. The van der Waals surface area contributed by atoms with E-state index in [0.717, 1.165) is 0 Å². The second kappa shape index (κ2) is 7.63. The molecule has 1 aromatic carbocycles. The Kier molecular flexibility index (Phi) is 6.15. The van der Waals surface area contributed by atoms with Gasteiger partial charge in [-0.2, -0.15) is 10.5 Å². The largest absolute Gasteiger partial charge is 0.337 e. The lowest BCUT2D eigenvalue weighted by molar-refractivity contribution is 0.0762. The Morgan fingerprint density at radius 3 is 2.26 bits per heavy atom. The van der Waals surface area contributed by atoms with Crippen LogP contribution in [0.2, 0.25) is 10.0 Å². The maximum atomic E-state index is 12.3. The molecular formula is C13H11Cl2N3O. The van der Waals surface area contributed by atoms with Gasteiger partial charge in [0.2, 0.25) is 0 Å². The molecule has 0 heterocycles. The molecule has 0 atom stereocenters. The molecule has 1 rings (SSSR count). The van der Waals surface area contributed by atoms with E-state index >= 15 is 0 Å². The fraction of sp³-hybridized carbons (Fsp3) is 0.308. The van der Waals surface area contributed by atoms with E-state index in [1.807, 2.05) is 12.1 Å². The minimum atomic E-state index is -0.321. The fourth-order valence-electron chi connectivity index (χ4n) is 1.52. The molecular weight excluding hydrogens is 285 g/mol. The van der Waals surface area contributed by atoms with Crippen LogP contribution in [0, 0.1) is 22.7 Å². The van der Waals surface area contributed by atoms with Gasteiger partial charge in [0, 0.05) is 18.1 Å². The quantitative estimate of drug-likeness (QED) is 0.837. The first-order valence-corrected chi connectivity index (χ1v) is 6.34. The number of nitriles is 2. The molecule has 0 aliphatic carbocycles. The zero-order valence-corrected chi connectivity index (χ0v) is 11.6. The zero-order chi connectivity index (χ0) is 14.3. The Bertz CT molecular complexity index is 528. The van der Waals surface area contributed by atoms with Crippen molar-refractivity contribution in [2.45, 2.75) is 12.8 Å². The summed E-state index contributed by atoms with van der Waals surface area (Å²) < 4.78 is 0. The smallest absolute Gasteiger partial charge is 0.255 e. The molecule has 0 aromatic heterocycles. The molecule has 0 unspecified atom stereocenters. The van der Waals surface area contributed by atoms with Gasteiger partial charge < -0.3 is 4.90 Å². The molecule has 19 heavy (non-hydrogen) atoms. The van der Waals surface area contributed by atoms with E-state index in [2.05, 4.69) is 0 Å². The summed E-state index contributed by atoms with van der Waals surface area (Å²) in [6.45, 7) is 0.527. The Labute approximate surface area is 121 Å². The molecule has 0 fully saturated rings. The fourth-order valence-corrected chi connectivity index (χ4v) is 1.89. The van der Waals surface area contributed by atoms with E-state index in [9.17, 15) is 4.79 Å². The van der Waals surface area contributed by atoms with Crippen molar-refractivity contribution in [2.75, 3.05) is 13.1 Å². The lowest BCUT2D eigenvalue weighted by atomic mass is 10.2. The first-order valence-electron chi connectivity index (χ1n) is 5.58. The first-order chi connectivity index (χ1) is 9.10. The third-order valence-electron chi connectivity index (χ3n) is 2.43. The minimum Gasteiger partial charge on any atom is -0.337 e. The summed E-state index contributed by atoms with van der Waals surface area (Å²) in [5, 5.41) is 17.9. The van der Waals surface area contributed by atoms with E-state index < -0.39 is 0 Å². The van der Waals surface area contributed by atoms with Crippen LogP contribution >= 0.6 is 23.2 Å². The van der Waals surface area contributed by atoms with Gasteiger partial charge in [-0.05, 0) is 18.2 Å². The second-order valence-corrected chi connectivity index (χ2v) is 4.58. The molecule has 0 spiro atoms. The van der Waals surface area contributed by atoms with Crippen LogP contribution in [0.25, 0.3) is 0 Å². The first kappa shape index (κ1) is 15.3. The predicted molar refractivity (Wildman–Crippen MR) is 72.8 cm³/mol. The van der Waals surface area contributed by atoms with Gasteiger partial charge in [-0.25, -0.2) is 0 Å². The molecule has 0 saturated carbocycles. The van der Waals surface area contributed by atoms with E-state index in [0.29, 0.717) is 10.0 Å². The standard InChI is InChI=1S/C13H11Cl2N3O/c14-10-3-4-12(15)11(9-10)13(19)18(7-1-5-16)8-2-6-17/h3-4,9H,1-2,7-8H2. The van der Waals surface area contributed by atoms with Crippen LogP contribution in [0.4, 0.5) is 0 Å². The van der Waals surface area contributed by atoms with Gasteiger partial charge in [0.25, 0.3) is 5.91 Å². The number of carbonyl (C=O) groups excluding carboxylic acids is 1. The van der Waals surface area contributed by atoms with Crippen molar-refractivity contribution in [3.8, 4) is 12.1 Å². The van der Waals surface area contributed by atoms with Crippen molar-refractivity contribution >= 4 is 29.1 Å². The second-order valence-electron chi connectivity index (χ2n) is 3.73. The highest BCUT2D eigenvalue weighted by Gasteiger charge is 2.18. The molecule has 0 saturated heterocycles. The Morgan fingerprint density at radius 1 is 1.16 bits per heavy atom. The van der Waals surface area contributed by atoms with Crippen molar-refractivity contribution in [3.63, 3.8) is 0 Å². The van der Waals surface area contributed by atoms with Gasteiger partial charge in [0.15, 0.2) is 0 Å². The van der Waals surface area contributed by atoms with E-state index in [4.69, 9.17) is 33.7 Å². The summed E-state index contributed by atoms with van der Waals surface area (Å²) in [6, 6.07) is 8.56. The summed E-state index contributed by atoms with van der Waals surface area (Å²) in [5.41, 5.74) is 0.282.